The molecule has 0 aliphatic carbocycles. The molecule has 2 amide bonds. The van der Waals surface area contributed by atoms with Crippen molar-refractivity contribution in [3.63, 3.8) is 0 Å². The van der Waals surface area contributed by atoms with Crippen LogP contribution in [-0.4, -0.2) is 38.9 Å². The number of nitrogens with zero attached hydrogens (tertiary/aromatic N) is 3. The molecule has 0 fully saturated rings. The Labute approximate surface area is 157 Å². The third-order valence-electron chi connectivity index (χ3n) is 4.79. The van der Waals surface area contributed by atoms with Crippen LogP contribution in [0, 0.1) is 0 Å². The number of amides is 2. The van der Waals surface area contributed by atoms with Gasteiger partial charge in [0.2, 0.25) is 0 Å². The van der Waals surface area contributed by atoms with Crippen LogP contribution in [0.4, 0.5) is 0 Å². The van der Waals surface area contributed by atoms with Gasteiger partial charge in [-0.25, -0.2) is 0 Å². The highest BCUT2D eigenvalue weighted by molar-refractivity contribution is 5.95. The van der Waals surface area contributed by atoms with E-state index in [4.69, 9.17) is 0 Å². The molecule has 1 aliphatic rings. The van der Waals surface area contributed by atoms with Crippen LogP contribution in [0.2, 0.25) is 0 Å². The van der Waals surface area contributed by atoms with Crippen molar-refractivity contribution in [3.8, 4) is 0 Å². The third kappa shape index (κ3) is 3.60. The summed E-state index contributed by atoms with van der Waals surface area (Å²) in [6, 6.07) is 16.8. The lowest BCUT2D eigenvalue weighted by Gasteiger charge is -2.37. The van der Waals surface area contributed by atoms with Crippen molar-refractivity contribution in [1.29, 1.82) is 0 Å². The van der Waals surface area contributed by atoms with E-state index in [1.807, 2.05) is 58.1 Å². The average Bonchev–Trinajstić information content (AvgIpc) is 3.19. The molecule has 1 atom stereocenters. The highest BCUT2D eigenvalue weighted by Gasteiger charge is 2.32. The molecule has 136 valence electrons. The summed E-state index contributed by atoms with van der Waals surface area (Å²) >= 11 is 0. The molecule has 3 aromatic rings. The summed E-state index contributed by atoms with van der Waals surface area (Å²) in [5.74, 6) is -0.180. The first-order valence-electron chi connectivity index (χ1n) is 8.90. The molecule has 6 heteroatoms. The lowest BCUT2D eigenvalue weighted by Crippen LogP contribution is -2.52. The topological polar surface area (TPSA) is 67.2 Å². The van der Waals surface area contributed by atoms with Gasteiger partial charge in [0.1, 0.15) is 5.69 Å². The van der Waals surface area contributed by atoms with Crippen LogP contribution < -0.4 is 5.32 Å². The number of carbonyl (C=O) groups excluding carboxylic acids is 2. The minimum Gasteiger partial charge on any atom is -0.350 e. The fourth-order valence-electron chi connectivity index (χ4n) is 3.38. The summed E-state index contributed by atoms with van der Waals surface area (Å²) in [6.45, 7) is 1.55. The summed E-state index contributed by atoms with van der Waals surface area (Å²) in [5, 5.41) is 2.95. The van der Waals surface area contributed by atoms with Crippen molar-refractivity contribution < 1.29 is 9.59 Å². The quantitative estimate of drug-likeness (QED) is 0.759. The van der Waals surface area contributed by atoms with Crippen LogP contribution in [0.1, 0.15) is 26.4 Å². The Morgan fingerprint density at radius 1 is 1.07 bits per heavy atom. The molecule has 0 radical (unpaired) electrons. The number of aromatic nitrogens is 2. The molecule has 3 heterocycles. The fourth-order valence-corrected chi connectivity index (χ4v) is 3.38. The maximum absolute atomic E-state index is 13.0. The van der Waals surface area contributed by atoms with E-state index >= 15 is 0 Å². The number of benzene rings is 1. The molecule has 0 spiro atoms. The normalized spacial score (nSPS) is 16.1. The SMILES string of the molecule is O=C(NCC1Cn2cccc2C(=O)N1Cc1ccccc1)c1ccncc1. The van der Waals surface area contributed by atoms with Crippen LogP contribution in [0.15, 0.2) is 73.2 Å². The van der Waals surface area contributed by atoms with Gasteiger partial charge in [-0.15, -0.1) is 0 Å². The zero-order valence-corrected chi connectivity index (χ0v) is 14.8. The summed E-state index contributed by atoms with van der Waals surface area (Å²) < 4.78 is 1.95. The Balaban J connectivity index is 1.53. The van der Waals surface area contributed by atoms with Crippen LogP contribution in [0.25, 0.3) is 0 Å². The third-order valence-corrected chi connectivity index (χ3v) is 4.79. The number of hydrogen-bond donors (Lipinski definition) is 1. The Morgan fingerprint density at radius 3 is 2.63 bits per heavy atom. The first kappa shape index (κ1) is 17.0. The summed E-state index contributed by atoms with van der Waals surface area (Å²) in [7, 11) is 0. The minimum absolute atomic E-state index is 0.0155. The van der Waals surface area contributed by atoms with Gasteiger partial charge in [-0.1, -0.05) is 30.3 Å². The Hall–Kier alpha value is -3.41. The van der Waals surface area contributed by atoms with E-state index in [1.54, 1.807) is 24.5 Å². The Morgan fingerprint density at radius 2 is 1.85 bits per heavy atom. The molecule has 27 heavy (non-hydrogen) atoms. The first-order valence-corrected chi connectivity index (χ1v) is 8.90. The minimum atomic E-state index is -0.164. The predicted molar refractivity (Wildman–Crippen MR) is 101 cm³/mol. The van der Waals surface area contributed by atoms with Crippen LogP contribution in [-0.2, 0) is 13.1 Å². The van der Waals surface area contributed by atoms with E-state index in [-0.39, 0.29) is 17.9 Å². The van der Waals surface area contributed by atoms with E-state index in [2.05, 4.69) is 10.3 Å². The zero-order valence-electron chi connectivity index (χ0n) is 14.8. The fraction of sp³-hybridized carbons (Fsp3) is 0.190. The summed E-state index contributed by atoms with van der Waals surface area (Å²) in [6.07, 6.45) is 5.09. The molecule has 0 saturated heterocycles. The van der Waals surface area contributed by atoms with Crippen molar-refractivity contribution in [1.82, 2.24) is 19.8 Å². The van der Waals surface area contributed by atoms with Gasteiger partial charge in [-0.2, -0.15) is 0 Å². The van der Waals surface area contributed by atoms with Gasteiger partial charge in [0.05, 0.1) is 6.04 Å². The summed E-state index contributed by atoms with van der Waals surface area (Å²) in [4.78, 5) is 31.1. The first-order chi connectivity index (χ1) is 13.2. The highest BCUT2D eigenvalue weighted by atomic mass is 16.2. The van der Waals surface area contributed by atoms with Crippen molar-refractivity contribution in [2.24, 2.45) is 0 Å². The molecule has 2 aromatic heterocycles. The highest BCUT2D eigenvalue weighted by Crippen LogP contribution is 2.20. The Kier molecular flexibility index (Phi) is 4.70. The van der Waals surface area contributed by atoms with Crippen molar-refractivity contribution in [2.45, 2.75) is 19.1 Å². The molecular weight excluding hydrogens is 340 g/mol. The van der Waals surface area contributed by atoms with E-state index in [0.717, 1.165) is 5.56 Å². The second-order valence-corrected chi connectivity index (χ2v) is 6.56. The standard InChI is InChI=1S/C21H20N4O2/c26-20(17-8-10-22-11-9-17)23-13-18-15-24-12-4-7-19(24)21(27)25(18)14-16-5-2-1-3-6-16/h1-12,18H,13-15H2,(H,23,26). The van der Waals surface area contributed by atoms with E-state index in [1.165, 1.54) is 0 Å². The van der Waals surface area contributed by atoms with Crippen LogP contribution in [0.3, 0.4) is 0 Å². The van der Waals surface area contributed by atoms with Gasteiger partial charge in [-0.05, 0) is 29.8 Å². The second-order valence-electron chi connectivity index (χ2n) is 6.56. The van der Waals surface area contributed by atoms with Crippen LogP contribution in [0.5, 0.6) is 0 Å². The Bertz CT molecular complexity index is 937. The predicted octanol–water partition coefficient (Wildman–Crippen LogP) is 2.34. The lowest BCUT2D eigenvalue weighted by atomic mass is 10.1. The smallest absolute Gasteiger partial charge is 0.271 e. The van der Waals surface area contributed by atoms with Crippen molar-refractivity contribution in [2.75, 3.05) is 6.54 Å². The van der Waals surface area contributed by atoms with Crippen molar-refractivity contribution >= 4 is 11.8 Å². The van der Waals surface area contributed by atoms with Gasteiger partial charge in [-0.3, -0.25) is 14.6 Å². The molecule has 4 rings (SSSR count). The largest absolute Gasteiger partial charge is 0.350 e. The van der Waals surface area contributed by atoms with E-state index < -0.39 is 0 Å². The second kappa shape index (κ2) is 7.45. The lowest BCUT2D eigenvalue weighted by molar-refractivity contribution is 0.0563. The van der Waals surface area contributed by atoms with Crippen molar-refractivity contribution in [3.05, 3.63) is 90.0 Å². The number of carbonyl (C=O) groups is 2. The summed E-state index contributed by atoms with van der Waals surface area (Å²) in [5.41, 5.74) is 2.31. The number of fused-ring (bicyclic) bond motifs is 1. The van der Waals surface area contributed by atoms with Gasteiger partial charge in [0.15, 0.2) is 0 Å². The molecule has 1 N–H and O–H groups in total. The van der Waals surface area contributed by atoms with Crippen LogP contribution >= 0.6 is 0 Å². The molecule has 0 saturated carbocycles. The van der Waals surface area contributed by atoms with Gasteiger partial charge in [0.25, 0.3) is 11.8 Å². The van der Waals surface area contributed by atoms with Gasteiger partial charge in [0, 0.05) is 43.8 Å². The number of rotatable bonds is 5. The molecule has 1 aromatic carbocycles. The van der Waals surface area contributed by atoms with Gasteiger partial charge >= 0.3 is 0 Å². The maximum atomic E-state index is 13.0. The maximum Gasteiger partial charge on any atom is 0.271 e. The van der Waals surface area contributed by atoms with E-state index in [0.29, 0.717) is 30.9 Å². The molecule has 1 unspecified atom stereocenters. The van der Waals surface area contributed by atoms with Gasteiger partial charge < -0.3 is 14.8 Å². The van der Waals surface area contributed by atoms with E-state index in [9.17, 15) is 9.59 Å². The number of pyridine rings is 1. The molecule has 0 bridgehead atoms. The molecule has 6 nitrogen and oxygen atoms in total. The number of nitrogens with one attached hydrogen (secondary N) is 1. The number of hydrogen-bond acceptors (Lipinski definition) is 3. The molecular formula is C21H20N4O2. The zero-order chi connectivity index (χ0) is 18.6. The molecule has 1 aliphatic heterocycles. The average molecular weight is 360 g/mol. The monoisotopic (exact) mass is 360 g/mol.